The molecule has 2 saturated heterocycles. The van der Waals surface area contributed by atoms with Crippen molar-refractivity contribution in [1.82, 2.24) is 4.90 Å². The maximum Gasteiger partial charge on any atom is 0.222 e. The summed E-state index contributed by atoms with van der Waals surface area (Å²) in [5, 5.41) is 8.69. The van der Waals surface area contributed by atoms with Crippen LogP contribution >= 0.6 is 0 Å². The number of aliphatic hydroxyl groups is 1. The summed E-state index contributed by atoms with van der Waals surface area (Å²) in [5.41, 5.74) is 0. The van der Waals surface area contributed by atoms with Crippen LogP contribution in [0.1, 0.15) is 32.1 Å². The van der Waals surface area contributed by atoms with E-state index in [9.17, 15) is 4.79 Å². The Bertz CT molecular complexity index is 263. The Kier molecular flexibility index (Phi) is 4.36. The first-order valence-electron chi connectivity index (χ1n) is 6.42. The maximum absolute atomic E-state index is 11.9. The summed E-state index contributed by atoms with van der Waals surface area (Å²) in [4.78, 5) is 13.8. The summed E-state index contributed by atoms with van der Waals surface area (Å²) >= 11 is 0. The van der Waals surface area contributed by atoms with Gasteiger partial charge in [-0.15, -0.1) is 0 Å². The fraction of sp³-hybridized carbons (Fsp3) is 0.917. The predicted molar refractivity (Wildman–Crippen MR) is 61.4 cm³/mol. The summed E-state index contributed by atoms with van der Waals surface area (Å²) < 4.78 is 11.3. The van der Waals surface area contributed by atoms with Gasteiger partial charge in [0.1, 0.15) is 0 Å². The quantitative estimate of drug-likeness (QED) is 0.731. The number of carbonyl (C=O) groups excluding carboxylic acids is 1. The molecule has 5 nitrogen and oxygen atoms in total. The molecule has 1 amide bonds. The van der Waals surface area contributed by atoms with Gasteiger partial charge in [-0.25, -0.2) is 0 Å². The molecule has 1 spiro atoms. The number of rotatable bonds is 4. The van der Waals surface area contributed by atoms with Gasteiger partial charge in [0.15, 0.2) is 5.79 Å². The minimum Gasteiger partial charge on any atom is -0.396 e. The molecule has 2 rings (SSSR count). The Balaban J connectivity index is 1.82. The van der Waals surface area contributed by atoms with Crippen LogP contribution in [0.25, 0.3) is 0 Å². The molecule has 5 heteroatoms. The van der Waals surface area contributed by atoms with Crippen molar-refractivity contribution in [2.24, 2.45) is 0 Å². The van der Waals surface area contributed by atoms with E-state index in [-0.39, 0.29) is 12.5 Å². The van der Waals surface area contributed by atoms with Gasteiger partial charge in [-0.2, -0.15) is 0 Å². The van der Waals surface area contributed by atoms with E-state index in [2.05, 4.69) is 0 Å². The molecule has 1 N–H and O–H groups in total. The highest BCUT2D eigenvalue weighted by molar-refractivity contribution is 5.76. The van der Waals surface area contributed by atoms with Crippen LogP contribution in [-0.2, 0) is 14.3 Å². The Morgan fingerprint density at radius 2 is 2.06 bits per heavy atom. The van der Waals surface area contributed by atoms with Crippen molar-refractivity contribution in [3.63, 3.8) is 0 Å². The largest absolute Gasteiger partial charge is 0.396 e. The molecule has 0 saturated carbocycles. The molecule has 2 fully saturated rings. The predicted octanol–water partition coefficient (Wildman–Crippen LogP) is 0.514. The van der Waals surface area contributed by atoms with Gasteiger partial charge in [-0.1, -0.05) is 0 Å². The fourth-order valence-corrected chi connectivity index (χ4v) is 2.48. The van der Waals surface area contributed by atoms with Crippen molar-refractivity contribution in [1.29, 1.82) is 0 Å². The zero-order valence-corrected chi connectivity index (χ0v) is 10.2. The van der Waals surface area contributed by atoms with E-state index in [0.717, 1.165) is 25.8 Å². The van der Waals surface area contributed by atoms with Crippen LogP contribution in [0.5, 0.6) is 0 Å². The first kappa shape index (κ1) is 12.8. The molecule has 0 aromatic carbocycles. The zero-order chi connectivity index (χ0) is 12.1. The Hall–Kier alpha value is -0.650. The van der Waals surface area contributed by atoms with E-state index in [1.54, 1.807) is 0 Å². The number of ether oxygens (including phenoxy) is 2. The zero-order valence-electron chi connectivity index (χ0n) is 10.2. The van der Waals surface area contributed by atoms with Crippen molar-refractivity contribution in [3.05, 3.63) is 0 Å². The van der Waals surface area contributed by atoms with Gasteiger partial charge in [0.2, 0.25) is 5.91 Å². The van der Waals surface area contributed by atoms with E-state index >= 15 is 0 Å². The second-order valence-corrected chi connectivity index (χ2v) is 4.71. The van der Waals surface area contributed by atoms with Crippen LogP contribution in [0.2, 0.25) is 0 Å². The van der Waals surface area contributed by atoms with Gasteiger partial charge in [0, 0.05) is 26.0 Å². The Morgan fingerprint density at radius 3 is 2.76 bits per heavy atom. The molecular weight excluding hydrogens is 222 g/mol. The molecule has 0 aromatic heterocycles. The minimum absolute atomic E-state index is 0.150. The number of amides is 1. The van der Waals surface area contributed by atoms with Crippen molar-refractivity contribution in [3.8, 4) is 0 Å². The van der Waals surface area contributed by atoms with E-state index in [0.29, 0.717) is 32.6 Å². The standard InChI is InChI=1S/C12H21NO4/c14-7-2-1-4-11(15)13-6-3-5-12(10-13)16-8-9-17-12/h14H,1-10H2. The lowest BCUT2D eigenvalue weighted by molar-refractivity contribution is -0.193. The number of hydrogen-bond donors (Lipinski definition) is 1. The molecule has 17 heavy (non-hydrogen) atoms. The van der Waals surface area contributed by atoms with E-state index in [1.165, 1.54) is 0 Å². The molecule has 0 bridgehead atoms. The highest BCUT2D eigenvalue weighted by Gasteiger charge is 2.41. The molecule has 0 atom stereocenters. The average molecular weight is 243 g/mol. The van der Waals surface area contributed by atoms with Crippen molar-refractivity contribution in [2.75, 3.05) is 32.9 Å². The first-order valence-corrected chi connectivity index (χ1v) is 6.42. The number of aliphatic hydroxyl groups excluding tert-OH is 1. The number of nitrogens with zero attached hydrogens (tertiary/aromatic N) is 1. The van der Waals surface area contributed by atoms with E-state index in [4.69, 9.17) is 14.6 Å². The topological polar surface area (TPSA) is 59.0 Å². The van der Waals surface area contributed by atoms with Gasteiger partial charge in [-0.05, 0) is 19.3 Å². The number of carbonyl (C=O) groups is 1. The summed E-state index contributed by atoms with van der Waals surface area (Å²) in [6.45, 7) is 2.78. The number of hydrogen-bond acceptors (Lipinski definition) is 4. The van der Waals surface area contributed by atoms with E-state index < -0.39 is 5.79 Å². The van der Waals surface area contributed by atoms with Crippen LogP contribution in [0.3, 0.4) is 0 Å². The van der Waals surface area contributed by atoms with Crippen molar-refractivity contribution in [2.45, 2.75) is 37.9 Å². The lowest BCUT2D eigenvalue weighted by Crippen LogP contribution is -2.51. The number of unbranched alkanes of at least 4 members (excludes halogenated alkanes) is 1. The monoisotopic (exact) mass is 243 g/mol. The van der Waals surface area contributed by atoms with Crippen LogP contribution in [0.4, 0.5) is 0 Å². The number of piperidine rings is 1. The van der Waals surface area contributed by atoms with Gasteiger partial charge >= 0.3 is 0 Å². The Labute approximate surface area is 102 Å². The summed E-state index contributed by atoms with van der Waals surface area (Å²) in [6.07, 6.45) is 3.77. The second-order valence-electron chi connectivity index (χ2n) is 4.71. The van der Waals surface area contributed by atoms with Gasteiger partial charge < -0.3 is 19.5 Å². The normalized spacial score (nSPS) is 23.2. The molecule has 0 unspecified atom stereocenters. The third-order valence-corrected chi connectivity index (χ3v) is 3.38. The minimum atomic E-state index is -0.523. The average Bonchev–Trinajstić information content (AvgIpc) is 2.77. The van der Waals surface area contributed by atoms with Crippen molar-refractivity contribution < 1.29 is 19.4 Å². The SMILES string of the molecule is O=C(CCCCO)N1CCCC2(C1)OCCO2. The molecule has 2 aliphatic heterocycles. The first-order chi connectivity index (χ1) is 8.26. The summed E-state index contributed by atoms with van der Waals surface area (Å²) in [5.74, 6) is -0.373. The smallest absolute Gasteiger partial charge is 0.222 e. The van der Waals surface area contributed by atoms with Gasteiger partial charge in [0.25, 0.3) is 0 Å². The molecule has 2 aliphatic rings. The fourth-order valence-electron chi connectivity index (χ4n) is 2.48. The maximum atomic E-state index is 11.9. The van der Waals surface area contributed by atoms with Gasteiger partial charge in [-0.3, -0.25) is 4.79 Å². The highest BCUT2D eigenvalue weighted by atomic mass is 16.7. The van der Waals surface area contributed by atoms with Crippen molar-refractivity contribution >= 4 is 5.91 Å². The summed E-state index contributed by atoms with van der Waals surface area (Å²) in [7, 11) is 0. The molecule has 0 aromatic rings. The second kappa shape index (κ2) is 5.80. The lowest BCUT2D eigenvalue weighted by Gasteiger charge is -2.38. The van der Waals surface area contributed by atoms with Crippen LogP contribution in [0.15, 0.2) is 0 Å². The molecule has 0 radical (unpaired) electrons. The van der Waals surface area contributed by atoms with Crippen LogP contribution in [-0.4, -0.2) is 54.6 Å². The Morgan fingerprint density at radius 1 is 1.29 bits per heavy atom. The van der Waals surface area contributed by atoms with Crippen LogP contribution < -0.4 is 0 Å². The molecule has 2 heterocycles. The third-order valence-electron chi connectivity index (χ3n) is 3.38. The summed E-state index contributed by atoms with van der Waals surface area (Å²) in [6, 6.07) is 0. The number of likely N-dealkylation sites (tertiary alicyclic amines) is 1. The molecule has 0 aliphatic carbocycles. The molecular formula is C12H21NO4. The lowest BCUT2D eigenvalue weighted by atomic mass is 10.0. The third kappa shape index (κ3) is 3.18. The van der Waals surface area contributed by atoms with E-state index in [1.807, 2.05) is 4.90 Å². The highest BCUT2D eigenvalue weighted by Crippen LogP contribution is 2.30. The van der Waals surface area contributed by atoms with Crippen LogP contribution in [0, 0.1) is 0 Å². The van der Waals surface area contributed by atoms with Gasteiger partial charge in [0.05, 0.1) is 19.8 Å². The molecule has 98 valence electrons.